The number of carbonyl (C=O) groups is 1. The molecular formula is C20H37BrO3. The van der Waals surface area contributed by atoms with Gasteiger partial charge in [0.15, 0.2) is 0 Å². The van der Waals surface area contributed by atoms with Crippen molar-refractivity contribution in [2.75, 3.05) is 25.2 Å². The van der Waals surface area contributed by atoms with Crippen LogP contribution in [-0.2, 0) is 14.3 Å². The maximum atomic E-state index is 11.5. The van der Waals surface area contributed by atoms with E-state index in [-0.39, 0.29) is 5.97 Å². The lowest BCUT2D eigenvalue weighted by Gasteiger charge is -2.05. The number of unbranched alkanes of at least 4 members (excludes halogenated alkanes) is 8. The fraction of sp³-hybridized carbons (Fsp3) is 0.850. The average Bonchev–Trinajstić information content (AvgIpc) is 2.59. The molecule has 142 valence electrons. The van der Waals surface area contributed by atoms with E-state index in [0.717, 1.165) is 31.0 Å². The summed E-state index contributed by atoms with van der Waals surface area (Å²) < 4.78 is 10.7. The Morgan fingerprint density at radius 2 is 1.62 bits per heavy atom. The number of rotatable bonds is 18. The Labute approximate surface area is 157 Å². The smallest absolute Gasteiger partial charge is 0.305 e. The minimum Gasteiger partial charge on any atom is -0.466 e. The monoisotopic (exact) mass is 404 g/mol. The molecule has 0 unspecified atom stereocenters. The van der Waals surface area contributed by atoms with Crippen LogP contribution >= 0.6 is 15.9 Å². The highest BCUT2D eigenvalue weighted by Crippen LogP contribution is 2.05. The van der Waals surface area contributed by atoms with E-state index in [1.165, 1.54) is 44.9 Å². The number of carbonyl (C=O) groups excluding carboxylic acids is 1. The van der Waals surface area contributed by atoms with Crippen LogP contribution in [0.15, 0.2) is 12.2 Å². The minimum absolute atomic E-state index is 0.0921. The quantitative estimate of drug-likeness (QED) is 0.118. The van der Waals surface area contributed by atoms with Gasteiger partial charge in [-0.2, -0.15) is 0 Å². The Morgan fingerprint density at radius 1 is 0.875 bits per heavy atom. The summed E-state index contributed by atoms with van der Waals surface area (Å²) in [5, 5.41) is 1.08. The summed E-state index contributed by atoms with van der Waals surface area (Å²) in [5.74, 6) is -0.0921. The number of halogens is 1. The van der Waals surface area contributed by atoms with Crippen molar-refractivity contribution in [3.8, 4) is 0 Å². The van der Waals surface area contributed by atoms with Crippen molar-refractivity contribution in [2.24, 2.45) is 0 Å². The normalized spacial score (nSPS) is 11.2. The van der Waals surface area contributed by atoms with Gasteiger partial charge in [0, 0.05) is 18.4 Å². The van der Waals surface area contributed by atoms with Crippen molar-refractivity contribution >= 4 is 21.9 Å². The lowest BCUT2D eigenvalue weighted by atomic mass is 10.1. The molecule has 0 rings (SSSR count). The Hall–Kier alpha value is -0.350. The summed E-state index contributed by atoms with van der Waals surface area (Å²) in [5.41, 5.74) is 0. The van der Waals surface area contributed by atoms with Crippen LogP contribution in [0.1, 0.15) is 84.0 Å². The zero-order valence-corrected chi connectivity index (χ0v) is 17.2. The number of hydrogen-bond donors (Lipinski definition) is 0. The van der Waals surface area contributed by atoms with Crippen LogP contribution in [0.3, 0.4) is 0 Å². The number of ether oxygens (including phenoxy) is 2. The van der Waals surface area contributed by atoms with Gasteiger partial charge in [-0.3, -0.25) is 4.79 Å². The first kappa shape index (κ1) is 23.6. The van der Waals surface area contributed by atoms with Gasteiger partial charge in [-0.1, -0.05) is 73.5 Å². The first-order valence-electron chi connectivity index (χ1n) is 9.75. The molecule has 0 aliphatic carbocycles. The van der Waals surface area contributed by atoms with Gasteiger partial charge in [0.05, 0.1) is 13.2 Å². The summed E-state index contributed by atoms with van der Waals surface area (Å²) >= 11 is 3.43. The third kappa shape index (κ3) is 19.7. The first-order chi connectivity index (χ1) is 11.8. The van der Waals surface area contributed by atoms with Crippen LogP contribution in [-0.4, -0.2) is 31.1 Å². The average molecular weight is 405 g/mol. The largest absolute Gasteiger partial charge is 0.466 e. The second-order valence-corrected chi connectivity index (χ2v) is 6.97. The van der Waals surface area contributed by atoms with Crippen molar-refractivity contribution < 1.29 is 14.3 Å². The van der Waals surface area contributed by atoms with Crippen LogP contribution < -0.4 is 0 Å². The molecular weight excluding hydrogens is 368 g/mol. The molecule has 0 aromatic heterocycles. The molecule has 3 nitrogen and oxygen atoms in total. The maximum Gasteiger partial charge on any atom is 0.305 e. The van der Waals surface area contributed by atoms with E-state index in [0.29, 0.717) is 26.2 Å². The molecule has 0 N–H and O–H groups in total. The van der Waals surface area contributed by atoms with Gasteiger partial charge in [-0.05, 0) is 32.1 Å². The molecule has 0 aromatic carbocycles. The van der Waals surface area contributed by atoms with E-state index in [1.54, 1.807) is 0 Å². The van der Waals surface area contributed by atoms with Gasteiger partial charge in [0.2, 0.25) is 0 Å². The SMILES string of the molecule is CCCCCC/C=C\COCCCC(=O)OCCCCCCCBr. The highest BCUT2D eigenvalue weighted by Gasteiger charge is 2.02. The van der Waals surface area contributed by atoms with E-state index in [4.69, 9.17) is 9.47 Å². The molecule has 0 aromatic rings. The lowest BCUT2D eigenvalue weighted by Crippen LogP contribution is -2.07. The van der Waals surface area contributed by atoms with Crippen LogP contribution in [0.2, 0.25) is 0 Å². The zero-order chi connectivity index (χ0) is 17.7. The third-order valence-corrected chi connectivity index (χ3v) is 4.38. The topological polar surface area (TPSA) is 35.5 Å². The van der Waals surface area contributed by atoms with E-state index in [1.807, 2.05) is 0 Å². The molecule has 0 saturated carbocycles. The molecule has 0 fully saturated rings. The molecule has 24 heavy (non-hydrogen) atoms. The first-order valence-corrected chi connectivity index (χ1v) is 10.9. The summed E-state index contributed by atoms with van der Waals surface area (Å²) in [6.07, 6.45) is 17.7. The zero-order valence-electron chi connectivity index (χ0n) is 15.6. The Kier molecular flexibility index (Phi) is 20.4. The Balaban J connectivity index is 3.21. The fourth-order valence-electron chi connectivity index (χ4n) is 2.33. The molecule has 0 aliphatic rings. The summed E-state index contributed by atoms with van der Waals surface area (Å²) in [6.45, 7) is 4.07. The summed E-state index contributed by atoms with van der Waals surface area (Å²) in [7, 11) is 0. The predicted molar refractivity (Wildman–Crippen MR) is 106 cm³/mol. The minimum atomic E-state index is -0.0921. The van der Waals surface area contributed by atoms with Crippen molar-refractivity contribution in [2.45, 2.75) is 84.0 Å². The number of hydrogen-bond acceptors (Lipinski definition) is 3. The highest BCUT2D eigenvalue weighted by molar-refractivity contribution is 9.09. The van der Waals surface area contributed by atoms with Gasteiger partial charge in [-0.15, -0.1) is 0 Å². The van der Waals surface area contributed by atoms with Crippen molar-refractivity contribution in [3.05, 3.63) is 12.2 Å². The molecule has 0 amide bonds. The third-order valence-electron chi connectivity index (χ3n) is 3.82. The second kappa shape index (κ2) is 20.7. The van der Waals surface area contributed by atoms with Gasteiger partial charge >= 0.3 is 5.97 Å². The lowest BCUT2D eigenvalue weighted by molar-refractivity contribution is -0.144. The van der Waals surface area contributed by atoms with Crippen molar-refractivity contribution in [1.82, 2.24) is 0 Å². The number of esters is 1. The van der Waals surface area contributed by atoms with Crippen molar-refractivity contribution in [3.63, 3.8) is 0 Å². The Bertz CT molecular complexity index is 293. The van der Waals surface area contributed by atoms with Gasteiger partial charge in [-0.25, -0.2) is 0 Å². The molecule has 0 bridgehead atoms. The predicted octanol–water partition coefficient (Wildman–Crippen LogP) is 6.20. The van der Waals surface area contributed by atoms with Crippen molar-refractivity contribution in [1.29, 1.82) is 0 Å². The molecule has 0 aliphatic heterocycles. The van der Waals surface area contributed by atoms with E-state index >= 15 is 0 Å². The molecule has 0 saturated heterocycles. The fourth-order valence-corrected chi connectivity index (χ4v) is 2.73. The van der Waals surface area contributed by atoms with Crippen LogP contribution in [0, 0.1) is 0 Å². The second-order valence-electron chi connectivity index (χ2n) is 6.18. The van der Waals surface area contributed by atoms with Gasteiger partial charge in [0.1, 0.15) is 0 Å². The maximum absolute atomic E-state index is 11.5. The molecule has 0 atom stereocenters. The highest BCUT2D eigenvalue weighted by atomic mass is 79.9. The molecule has 4 heteroatoms. The van der Waals surface area contributed by atoms with E-state index in [9.17, 15) is 4.79 Å². The summed E-state index contributed by atoms with van der Waals surface area (Å²) in [6, 6.07) is 0. The van der Waals surface area contributed by atoms with Gasteiger partial charge in [0.25, 0.3) is 0 Å². The molecule has 0 radical (unpaired) electrons. The molecule has 0 heterocycles. The standard InChI is InChI=1S/C20H37BrO3/c1-2-3-4-5-6-9-12-17-23-18-14-15-20(22)24-19-13-10-7-8-11-16-21/h9,12H,2-8,10-11,13-19H2,1H3/b12-9-. The Morgan fingerprint density at radius 3 is 2.42 bits per heavy atom. The van der Waals surface area contributed by atoms with Gasteiger partial charge < -0.3 is 9.47 Å². The van der Waals surface area contributed by atoms with Crippen LogP contribution in [0.5, 0.6) is 0 Å². The van der Waals surface area contributed by atoms with E-state index < -0.39 is 0 Å². The number of allylic oxidation sites excluding steroid dienone is 1. The van der Waals surface area contributed by atoms with Crippen LogP contribution in [0.4, 0.5) is 0 Å². The number of alkyl halides is 1. The summed E-state index contributed by atoms with van der Waals surface area (Å²) in [4.78, 5) is 11.5. The van der Waals surface area contributed by atoms with E-state index in [2.05, 4.69) is 35.0 Å². The van der Waals surface area contributed by atoms with Crippen LogP contribution in [0.25, 0.3) is 0 Å². The molecule has 0 spiro atoms.